The summed E-state index contributed by atoms with van der Waals surface area (Å²) < 4.78 is 7.59. The van der Waals surface area contributed by atoms with Gasteiger partial charge in [-0.15, -0.1) is 0 Å². The molecule has 0 unspecified atom stereocenters. The van der Waals surface area contributed by atoms with E-state index in [1.165, 1.54) is 0 Å². The largest absolute Gasteiger partial charge is 0.504 e. The Labute approximate surface area is 157 Å². The normalized spacial score (nSPS) is 16.2. The molecule has 0 aliphatic carbocycles. The lowest BCUT2D eigenvalue weighted by Crippen LogP contribution is -2.27. The van der Waals surface area contributed by atoms with Gasteiger partial charge < -0.3 is 15.2 Å². The standard InChI is InChI=1S/C21H21N3O3/c1-4-27-18-11-14(9-10-17(18)26)20-19(13(3)25)12(2)22-21-23-15-7-5-6-8-16(15)24(20)21/h5-11,20,26H,4H2,1-3H3,(H,22,23)/t20-/m0/s1. The van der Waals surface area contributed by atoms with Gasteiger partial charge in [-0.3, -0.25) is 9.36 Å². The topological polar surface area (TPSA) is 76.4 Å². The first-order valence-electron chi connectivity index (χ1n) is 8.92. The van der Waals surface area contributed by atoms with Crippen LogP contribution in [0.1, 0.15) is 32.4 Å². The molecule has 0 saturated carbocycles. The number of para-hydroxylation sites is 2. The molecule has 1 aliphatic rings. The second kappa shape index (κ2) is 6.46. The summed E-state index contributed by atoms with van der Waals surface area (Å²) in [5.74, 6) is 1.16. The first-order valence-corrected chi connectivity index (χ1v) is 8.92. The molecule has 2 N–H and O–H groups in total. The number of hydrogen-bond acceptors (Lipinski definition) is 5. The van der Waals surface area contributed by atoms with E-state index in [1.54, 1.807) is 19.1 Å². The van der Waals surface area contributed by atoms with Crippen molar-refractivity contribution in [2.24, 2.45) is 0 Å². The number of rotatable bonds is 4. The van der Waals surface area contributed by atoms with Gasteiger partial charge in [0, 0.05) is 11.3 Å². The van der Waals surface area contributed by atoms with E-state index in [1.807, 2.05) is 48.7 Å². The molecule has 1 aliphatic heterocycles. The summed E-state index contributed by atoms with van der Waals surface area (Å²) in [6, 6.07) is 12.7. The minimum absolute atomic E-state index is 0.0144. The molecular formula is C21H21N3O3. The second-order valence-electron chi connectivity index (χ2n) is 6.58. The fourth-order valence-corrected chi connectivity index (χ4v) is 3.71. The molecule has 0 spiro atoms. The number of carbonyl (C=O) groups is 1. The highest BCUT2D eigenvalue weighted by Crippen LogP contribution is 2.41. The number of hydrogen-bond donors (Lipinski definition) is 2. The third kappa shape index (κ3) is 2.73. The number of benzene rings is 2. The van der Waals surface area contributed by atoms with Crippen molar-refractivity contribution >= 4 is 22.8 Å². The summed E-state index contributed by atoms with van der Waals surface area (Å²) in [5, 5.41) is 13.3. The number of aromatic hydroxyl groups is 1. The quantitative estimate of drug-likeness (QED) is 0.732. The van der Waals surface area contributed by atoms with Crippen LogP contribution in [0.15, 0.2) is 53.7 Å². The molecule has 1 aromatic heterocycles. The maximum absolute atomic E-state index is 12.5. The van der Waals surface area contributed by atoms with Crippen molar-refractivity contribution in [2.45, 2.75) is 26.8 Å². The van der Waals surface area contributed by atoms with Crippen LogP contribution in [-0.4, -0.2) is 27.0 Å². The maximum atomic E-state index is 12.5. The van der Waals surface area contributed by atoms with Crippen molar-refractivity contribution in [3.8, 4) is 11.5 Å². The third-order valence-corrected chi connectivity index (χ3v) is 4.81. The minimum Gasteiger partial charge on any atom is -0.504 e. The van der Waals surface area contributed by atoms with Crippen LogP contribution in [0.5, 0.6) is 11.5 Å². The third-order valence-electron chi connectivity index (χ3n) is 4.81. The van der Waals surface area contributed by atoms with E-state index in [2.05, 4.69) is 10.3 Å². The predicted octanol–water partition coefficient (Wildman–Crippen LogP) is 4.02. The highest BCUT2D eigenvalue weighted by atomic mass is 16.5. The summed E-state index contributed by atoms with van der Waals surface area (Å²) in [6.07, 6.45) is 0. The zero-order chi connectivity index (χ0) is 19.1. The monoisotopic (exact) mass is 363 g/mol. The van der Waals surface area contributed by atoms with Gasteiger partial charge in [0.05, 0.1) is 23.7 Å². The Hall–Kier alpha value is -3.28. The molecule has 3 aromatic rings. The highest BCUT2D eigenvalue weighted by Gasteiger charge is 2.32. The molecule has 6 nitrogen and oxygen atoms in total. The maximum Gasteiger partial charge on any atom is 0.209 e. The molecule has 27 heavy (non-hydrogen) atoms. The summed E-state index contributed by atoms with van der Waals surface area (Å²) in [4.78, 5) is 17.2. The molecule has 0 radical (unpaired) electrons. The molecule has 0 amide bonds. The Balaban J connectivity index is 1.99. The van der Waals surface area contributed by atoms with Crippen LogP contribution in [0.3, 0.4) is 0 Å². The van der Waals surface area contributed by atoms with Crippen molar-refractivity contribution in [3.63, 3.8) is 0 Å². The Morgan fingerprint density at radius 1 is 1.30 bits per heavy atom. The van der Waals surface area contributed by atoms with E-state index in [4.69, 9.17) is 4.74 Å². The number of anilines is 1. The van der Waals surface area contributed by atoms with Gasteiger partial charge in [-0.05, 0) is 50.6 Å². The Kier molecular flexibility index (Phi) is 4.11. The molecule has 2 heterocycles. The van der Waals surface area contributed by atoms with Crippen LogP contribution < -0.4 is 10.1 Å². The van der Waals surface area contributed by atoms with Gasteiger partial charge in [-0.25, -0.2) is 4.98 Å². The Morgan fingerprint density at radius 3 is 2.81 bits per heavy atom. The fourth-order valence-electron chi connectivity index (χ4n) is 3.71. The zero-order valence-corrected chi connectivity index (χ0v) is 15.5. The first-order chi connectivity index (χ1) is 13.0. The van der Waals surface area contributed by atoms with Gasteiger partial charge in [0.25, 0.3) is 0 Å². The van der Waals surface area contributed by atoms with E-state index in [0.29, 0.717) is 23.9 Å². The Bertz CT molecular complexity index is 1080. The van der Waals surface area contributed by atoms with E-state index >= 15 is 0 Å². The molecular weight excluding hydrogens is 342 g/mol. The van der Waals surface area contributed by atoms with Crippen molar-refractivity contribution in [1.82, 2.24) is 9.55 Å². The lowest BCUT2D eigenvalue weighted by molar-refractivity contribution is -0.114. The minimum atomic E-state index is -0.356. The average molecular weight is 363 g/mol. The summed E-state index contributed by atoms with van der Waals surface area (Å²) >= 11 is 0. The molecule has 0 bridgehead atoms. The van der Waals surface area contributed by atoms with E-state index < -0.39 is 0 Å². The van der Waals surface area contributed by atoms with Crippen molar-refractivity contribution in [2.75, 3.05) is 11.9 Å². The lowest BCUT2D eigenvalue weighted by atomic mass is 9.92. The number of aromatic nitrogens is 2. The fraction of sp³-hybridized carbons (Fsp3) is 0.238. The molecule has 6 heteroatoms. The number of phenolic OH excluding ortho intramolecular Hbond substituents is 1. The highest BCUT2D eigenvalue weighted by molar-refractivity contribution is 5.97. The molecule has 138 valence electrons. The predicted molar refractivity (Wildman–Crippen MR) is 104 cm³/mol. The number of imidazole rings is 1. The number of ketones is 1. The summed E-state index contributed by atoms with van der Waals surface area (Å²) in [5.41, 5.74) is 4.08. The van der Waals surface area contributed by atoms with Gasteiger partial charge in [0.1, 0.15) is 0 Å². The van der Waals surface area contributed by atoms with Crippen LogP contribution in [0.2, 0.25) is 0 Å². The lowest BCUT2D eigenvalue weighted by Gasteiger charge is -2.30. The van der Waals surface area contributed by atoms with E-state index in [-0.39, 0.29) is 17.6 Å². The van der Waals surface area contributed by atoms with Crippen molar-refractivity contribution < 1.29 is 14.6 Å². The van der Waals surface area contributed by atoms with Gasteiger partial charge >= 0.3 is 0 Å². The molecule has 1 atom stereocenters. The SMILES string of the molecule is CCOc1cc([C@H]2C(C(C)=O)=C(C)Nc3nc4ccccc4n32)ccc1O. The number of nitrogens with zero attached hydrogens (tertiary/aromatic N) is 2. The van der Waals surface area contributed by atoms with Crippen molar-refractivity contribution in [3.05, 3.63) is 59.3 Å². The smallest absolute Gasteiger partial charge is 0.209 e. The number of ether oxygens (including phenoxy) is 1. The molecule has 4 rings (SSSR count). The first kappa shape index (κ1) is 17.1. The number of phenols is 1. The number of carbonyl (C=O) groups excluding carboxylic acids is 1. The summed E-state index contributed by atoms with van der Waals surface area (Å²) in [7, 11) is 0. The molecule has 0 fully saturated rings. The van der Waals surface area contributed by atoms with Crippen LogP contribution in [0.4, 0.5) is 5.95 Å². The number of allylic oxidation sites excluding steroid dienone is 2. The van der Waals surface area contributed by atoms with E-state index in [9.17, 15) is 9.90 Å². The zero-order valence-electron chi connectivity index (χ0n) is 15.5. The number of Topliss-reactive ketones (excluding diaryl/α,β-unsaturated/α-hetero) is 1. The van der Waals surface area contributed by atoms with Crippen LogP contribution in [-0.2, 0) is 4.79 Å². The number of fused-ring (bicyclic) bond motifs is 3. The van der Waals surface area contributed by atoms with Crippen molar-refractivity contribution in [1.29, 1.82) is 0 Å². The van der Waals surface area contributed by atoms with Gasteiger partial charge in [0.15, 0.2) is 17.3 Å². The molecule has 2 aromatic carbocycles. The van der Waals surface area contributed by atoms with Crippen LogP contribution in [0.25, 0.3) is 11.0 Å². The molecule has 0 saturated heterocycles. The second-order valence-corrected chi connectivity index (χ2v) is 6.58. The van der Waals surface area contributed by atoms with Gasteiger partial charge in [-0.1, -0.05) is 18.2 Å². The van der Waals surface area contributed by atoms with Crippen LogP contribution in [0, 0.1) is 0 Å². The van der Waals surface area contributed by atoms with Gasteiger partial charge in [0.2, 0.25) is 5.95 Å². The summed E-state index contributed by atoms with van der Waals surface area (Å²) in [6.45, 7) is 5.76. The van der Waals surface area contributed by atoms with Crippen LogP contribution >= 0.6 is 0 Å². The Morgan fingerprint density at radius 2 is 2.07 bits per heavy atom. The average Bonchev–Trinajstić information content (AvgIpc) is 3.00. The van der Waals surface area contributed by atoms with Gasteiger partial charge in [-0.2, -0.15) is 0 Å². The number of nitrogens with one attached hydrogen (secondary N) is 1. The van der Waals surface area contributed by atoms with E-state index in [0.717, 1.165) is 22.3 Å².